The molecule has 2 N–H and O–H groups in total. The molecule has 0 radical (unpaired) electrons. The van der Waals surface area contributed by atoms with Crippen molar-refractivity contribution in [3.05, 3.63) is 29.6 Å². The molecule has 0 aliphatic rings. The van der Waals surface area contributed by atoms with E-state index in [4.69, 9.17) is 0 Å². The summed E-state index contributed by atoms with van der Waals surface area (Å²) in [4.78, 5) is 14.9. The SMILES string of the molecule is CC(=O)c1ccc(C(O)C(O)CCBr)cn1. The highest BCUT2D eigenvalue weighted by molar-refractivity contribution is 9.09. The zero-order chi connectivity index (χ0) is 12.1. The maximum absolute atomic E-state index is 11.0. The van der Waals surface area contributed by atoms with Crippen molar-refractivity contribution in [3.8, 4) is 0 Å². The lowest BCUT2D eigenvalue weighted by molar-refractivity contribution is 0.0171. The molecule has 0 saturated carbocycles. The molecular weight excluding hydrogens is 274 g/mol. The Labute approximate surface area is 102 Å². The van der Waals surface area contributed by atoms with Crippen LogP contribution in [0.25, 0.3) is 0 Å². The average molecular weight is 288 g/mol. The van der Waals surface area contributed by atoms with E-state index >= 15 is 0 Å². The van der Waals surface area contributed by atoms with Gasteiger partial charge in [-0.2, -0.15) is 0 Å². The van der Waals surface area contributed by atoms with Gasteiger partial charge in [0.1, 0.15) is 11.8 Å². The van der Waals surface area contributed by atoms with Gasteiger partial charge in [-0.1, -0.05) is 22.0 Å². The molecule has 5 heteroatoms. The molecule has 0 saturated heterocycles. The van der Waals surface area contributed by atoms with Gasteiger partial charge in [0.05, 0.1) is 6.10 Å². The normalized spacial score (nSPS) is 14.5. The van der Waals surface area contributed by atoms with Crippen LogP contribution in [0.2, 0.25) is 0 Å². The predicted octanol–water partition coefficient (Wildman–Crippen LogP) is 1.46. The Morgan fingerprint density at radius 1 is 1.50 bits per heavy atom. The molecule has 1 aromatic rings. The molecule has 0 aliphatic carbocycles. The van der Waals surface area contributed by atoms with E-state index in [0.717, 1.165) is 0 Å². The van der Waals surface area contributed by atoms with E-state index in [9.17, 15) is 15.0 Å². The molecule has 0 aliphatic heterocycles. The van der Waals surface area contributed by atoms with Gasteiger partial charge >= 0.3 is 0 Å². The molecule has 0 amide bonds. The number of hydrogen-bond donors (Lipinski definition) is 2. The lowest BCUT2D eigenvalue weighted by atomic mass is 10.0. The van der Waals surface area contributed by atoms with E-state index < -0.39 is 12.2 Å². The van der Waals surface area contributed by atoms with E-state index in [1.165, 1.54) is 13.1 Å². The van der Waals surface area contributed by atoms with Crippen molar-refractivity contribution < 1.29 is 15.0 Å². The number of alkyl halides is 1. The fourth-order valence-electron chi connectivity index (χ4n) is 1.28. The number of halogens is 1. The van der Waals surface area contributed by atoms with Gasteiger partial charge in [0, 0.05) is 24.0 Å². The second kappa shape index (κ2) is 6.08. The second-order valence-corrected chi connectivity index (χ2v) is 4.32. The molecule has 0 aromatic carbocycles. The Morgan fingerprint density at radius 3 is 2.62 bits per heavy atom. The first-order valence-electron chi connectivity index (χ1n) is 4.95. The first-order chi connectivity index (χ1) is 7.56. The van der Waals surface area contributed by atoms with Gasteiger partial charge in [0.25, 0.3) is 0 Å². The van der Waals surface area contributed by atoms with Gasteiger partial charge in [-0.15, -0.1) is 0 Å². The standard InChI is InChI=1S/C11H14BrNO3/c1-7(14)9-3-2-8(6-13-9)11(16)10(15)4-5-12/h2-3,6,10-11,15-16H,4-5H2,1H3. The fourth-order valence-corrected chi connectivity index (χ4v) is 1.75. The zero-order valence-electron chi connectivity index (χ0n) is 8.93. The number of aromatic nitrogens is 1. The number of carbonyl (C=O) groups excluding carboxylic acids is 1. The second-order valence-electron chi connectivity index (χ2n) is 3.52. The average Bonchev–Trinajstić information content (AvgIpc) is 2.28. The number of aliphatic hydroxyl groups excluding tert-OH is 2. The van der Waals surface area contributed by atoms with Gasteiger partial charge in [0.2, 0.25) is 0 Å². The summed E-state index contributed by atoms with van der Waals surface area (Å²) >= 11 is 3.19. The molecule has 88 valence electrons. The Balaban J connectivity index is 2.77. The summed E-state index contributed by atoms with van der Waals surface area (Å²) < 4.78 is 0. The molecule has 4 nitrogen and oxygen atoms in total. The summed E-state index contributed by atoms with van der Waals surface area (Å²) in [6.07, 6.45) is 0.0736. The van der Waals surface area contributed by atoms with Crippen molar-refractivity contribution in [2.45, 2.75) is 25.6 Å². The van der Waals surface area contributed by atoms with Crippen molar-refractivity contribution >= 4 is 21.7 Å². The van der Waals surface area contributed by atoms with Crippen LogP contribution in [-0.2, 0) is 0 Å². The number of aliphatic hydroxyl groups is 2. The smallest absolute Gasteiger partial charge is 0.178 e. The third kappa shape index (κ3) is 3.37. The number of hydrogen-bond acceptors (Lipinski definition) is 4. The summed E-state index contributed by atoms with van der Waals surface area (Å²) in [7, 11) is 0. The zero-order valence-corrected chi connectivity index (χ0v) is 10.5. The maximum Gasteiger partial charge on any atom is 0.178 e. The Hall–Kier alpha value is -0.780. The summed E-state index contributed by atoms with van der Waals surface area (Å²) in [6, 6.07) is 3.15. The van der Waals surface area contributed by atoms with Crippen molar-refractivity contribution in [3.63, 3.8) is 0 Å². The van der Waals surface area contributed by atoms with Crippen LogP contribution in [0.15, 0.2) is 18.3 Å². The lowest BCUT2D eigenvalue weighted by Gasteiger charge is -2.16. The maximum atomic E-state index is 11.0. The minimum absolute atomic E-state index is 0.123. The third-order valence-corrected chi connectivity index (χ3v) is 2.72. The molecule has 1 heterocycles. The van der Waals surface area contributed by atoms with E-state index in [1.54, 1.807) is 12.1 Å². The largest absolute Gasteiger partial charge is 0.390 e. The van der Waals surface area contributed by atoms with Crippen LogP contribution in [0.1, 0.15) is 35.5 Å². The quantitative estimate of drug-likeness (QED) is 0.635. The predicted molar refractivity (Wildman–Crippen MR) is 63.6 cm³/mol. The van der Waals surface area contributed by atoms with Gasteiger partial charge < -0.3 is 10.2 Å². The first-order valence-corrected chi connectivity index (χ1v) is 6.07. The number of pyridine rings is 1. The number of rotatable bonds is 5. The van der Waals surface area contributed by atoms with Crippen LogP contribution in [-0.4, -0.2) is 32.4 Å². The Kier molecular flexibility index (Phi) is 5.05. The summed E-state index contributed by atoms with van der Waals surface area (Å²) in [5.74, 6) is -0.123. The first kappa shape index (κ1) is 13.3. The summed E-state index contributed by atoms with van der Waals surface area (Å²) in [6.45, 7) is 1.43. The van der Waals surface area contributed by atoms with Crippen molar-refractivity contribution in [2.75, 3.05) is 5.33 Å². The van der Waals surface area contributed by atoms with Gasteiger partial charge in [0.15, 0.2) is 5.78 Å². The van der Waals surface area contributed by atoms with Crippen molar-refractivity contribution in [1.82, 2.24) is 4.98 Å². The summed E-state index contributed by atoms with van der Waals surface area (Å²) in [5.41, 5.74) is 0.865. The van der Waals surface area contributed by atoms with E-state index in [2.05, 4.69) is 20.9 Å². The Morgan fingerprint density at radius 2 is 2.19 bits per heavy atom. The molecule has 0 fully saturated rings. The number of ketones is 1. The number of Topliss-reactive ketones (excluding diaryl/α,β-unsaturated/α-hetero) is 1. The van der Waals surface area contributed by atoms with Crippen LogP contribution >= 0.6 is 15.9 Å². The molecule has 16 heavy (non-hydrogen) atoms. The van der Waals surface area contributed by atoms with Gasteiger partial charge in [-0.05, 0) is 12.5 Å². The van der Waals surface area contributed by atoms with E-state index in [0.29, 0.717) is 23.0 Å². The van der Waals surface area contributed by atoms with E-state index in [1.807, 2.05) is 0 Å². The molecular formula is C11H14BrNO3. The fraction of sp³-hybridized carbons (Fsp3) is 0.455. The monoisotopic (exact) mass is 287 g/mol. The molecule has 0 bridgehead atoms. The van der Waals surface area contributed by atoms with Crippen LogP contribution in [0.3, 0.4) is 0 Å². The van der Waals surface area contributed by atoms with Crippen LogP contribution in [0, 0.1) is 0 Å². The van der Waals surface area contributed by atoms with Gasteiger partial charge in [-0.25, -0.2) is 0 Å². The van der Waals surface area contributed by atoms with E-state index in [-0.39, 0.29) is 5.78 Å². The van der Waals surface area contributed by atoms with Crippen LogP contribution < -0.4 is 0 Å². The molecule has 2 unspecified atom stereocenters. The topological polar surface area (TPSA) is 70.4 Å². The molecule has 0 spiro atoms. The van der Waals surface area contributed by atoms with Crippen molar-refractivity contribution in [1.29, 1.82) is 0 Å². The van der Waals surface area contributed by atoms with Crippen molar-refractivity contribution in [2.24, 2.45) is 0 Å². The van der Waals surface area contributed by atoms with Crippen LogP contribution in [0.4, 0.5) is 0 Å². The number of nitrogens with zero attached hydrogens (tertiary/aromatic N) is 1. The molecule has 1 rings (SSSR count). The minimum Gasteiger partial charge on any atom is -0.390 e. The third-order valence-electron chi connectivity index (χ3n) is 2.26. The highest BCUT2D eigenvalue weighted by Crippen LogP contribution is 2.18. The lowest BCUT2D eigenvalue weighted by Crippen LogP contribution is -2.18. The van der Waals surface area contributed by atoms with Gasteiger partial charge in [-0.3, -0.25) is 9.78 Å². The highest BCUT2D eigenvalue weighted by atomic mass is 79.9. The minimum atomic E-state index is -0.967. The van der Waals surface area contributed by atoms with Crippen LogP contribution in [0.5, 0.6) is 0 Å². The molecule has 1 aromatic heterocycles. The molecule has 2 atom stereocenters. The summed E-state index contributed by atoms with van der Waals surface area (Å²) in [5, 5.41) is 19.9. The Bertz CT molecular complexity index is 353. The highest BCUT2D eigenvalue weighted by Gasteiger charge is 2.18. The number of carbonyl (C=O) groups is 1.